The van der Waals surface area contributed by atoms with Crippen LogP contribution in [0.4, 0.5) is 0 Å². The summed E-state index contributed by atoms with van der Waals surface area (Å²) in [5, 5.41) is 45.0. The summed E-state index contributed by atoms with van der Waals surface area (Å²) in [7, 11) is 0. The highest BCUT2D eigenvalue weighted by Crippen LogP contribution is 2.07. The van der Waals surface area contributed by atoms with Crippen LogP contribution in [-0.4, -0.2) is 110 Å². The summed E-state index contributed by atoms with van der Waals surface area (Å²) in [6, 6.07) is -5.76. The second-order valence-electron chi connectivity index (χ2n) is 8.36. The van der Waals surface area contributed by atoms with Crippen LogP contribution in [0.15, 0.2) is 0 Å². The van der Waals surface area contributed by atoms with Gasteiger partial charge in [0, 0.05) is 25.0 Å². The summed E-state index contributed by atoms with van der Waals surface area (Å²) in [6.45, 7) is 0. The quantitative estimate of drug-likeness (QED) is 0.0656. The first-order chi connectivity index (χ1) is 18.7. The van der Waals surface area contributed by atoms with Crippen LogP contribution < -0.4 is 21.3 Å². The van der Waals surface area contributed by atoms with E-state index in [-0.39, 0.29) is 12.2 Å². The zero-order valence-corrected chi connectivity index (χ0v) is 23.3. The normalized spacial score (nSPS) is 13.6. The SMILES string of the molecule is CSCC[C@H](NC(=O)CCC(=O)O)C(=O)N[C@@H](CCC(=O)O)C(=O)N[C@@H](CCC(=O)O)C(=O)N[C@@H](CS)C(=O)O. The maximum absolute atomic E-state index is 13.0. The molecule has 0 saturated heterocycles. The molecule has 0 saturated carbocycles. The van der Waals surface area contributed by atoms with E-state index in [1.54, 1.807) is 6.26 Å². The molecule has 0 aliphatic carbocycles. The molecule has 0 rings (SSSR count). The molecule has 0 aromatic carbocycles. The highest BCUT2D eigenvalue weighted by atomic mass is 32.2. The molecule has 0 aliphatic heterocycles. The fourth-order valence-corrected chi connectivity index (χ4v) is 3.79. The van der Waals surface area contributed by atoms with E-state index in [0.717, 1.165) is 0 Å². The predicted molar refractivity (Wildman–Crippen MR) is 143 cm³/mol. The minimum atomic E-state index is -1.56. The first-order valence-electron chi connectivity index (χ1n) is 11.9. The van der Waals surface area contributed by atoms with E-state index in [1.165, 1.54) is 11.8 Å². The molecule has 0 unspecified atom stereocenters. The van der Waals surface area contributed by atoms with Gasteiger partial charge in [-0.25, -0.2) is 4.79 Å². The molecule has 226 valence electrons. The zero-order chi connectivity index (χ0) is 30.8. The summed E-state index contributed by atoms with van der Waals surface area (Å²) in [6.07, 6.45) is -1.17. The van der Waals surface area contributed by atoms with Gasteiger partial charge in [0.15, 0.2) is 0 Å². The number of nitrogens with one attached hydrogen (secondary N) is 4. The number of thiol groups is 1. The van der Waals surface area contributed by atoms with Gasteiger partial charge in [0.2, 0.25) is 23.6 Å². The fraction of sp³-hybridized carbons (Fsp3) is 0.636. The van der Waals surface area contributed by atoms with Crippen molar-refractivity contribution in [1.82, 2.24) is 21.3 Å². The third-order valence-electron chi connectivity index (χ3n) is 5.19. The number of carbonyl (C=O) groups is 8. The second kappa shape index (κ2) is 19.5. The summed E-state index contributed by atoms with van der Waals surface area (Å²) in [5.41, 5.74) is 0. The van der Waals surface area contributed by atoms with Crippen LogP contribution >= 0.6 is 24.4 Å². The molecule has 0 radical (unpaired) electrons. The third kappa shape index (κ3) is 15.8. The highest BCUT2D eigenvalue weighted by molar-refractivity contribution is 7.98. The van der Waals surface area contributed by atoms with Gasteiger partial charge in [-0.1, -0.05) is 0 Å². The number of hydrogen-bond acceptors (Lipinski definition) is 10. The summed E-state index contributed by atoms with van der Waals surface area (Å²) >= 11 is 5.16. The number of carboxylic acid groups (broad SMARTS) is 4. The Bertz CT molecular complexity index is 949. The molecule has 0 aliphatic rings. The Morgan fingerprint density at radius 3 is 1.35 bits per heavy atom. The lowest BCUT2D eigenvalue weighted by Crippen LogP contribution is -2.58. The van der Waals surface area contributed by atoms with Gasteiger partial charge in [-0.3, -0.25) is 33.6 Å². The van der Waals surface area contributed by atoms with Crippen LogP contribution in [-0.2, 0) is 38.4 Å². The molecule has 40 heavy (non-hydrogen) atoms. The van der Waals surface area contributed by atoms with E-state index < -0.39 is 110 Å². The van der Waals surface area contributed by atoms with Crippen molar-refractivity contribution < 1.29 is 58.8 Å². The van der Waals surface area contributed by atoms with Crippen molar-refractivity contribution in [2.45, 2.75) is 69.1 Å². The molecule has 0 aromatic rings. The molecule has 8 N–H and O–H groups in total. The Hall–Kier alpha value is -3.54. The summed E-state index contributed by atoms with van der Waals surface area (Å²) < 4.78 is 0. The van der Waals surface area contributed by atoms with Crippen molar-refractivity contribution >= 4 is 71.9 Å². The van der Waals surface area contributed by atoms with E-state index in [9.17, 15) is 38.4 Å². The molecule has 18 heteroatoms. The Labute approximate surface area is 238 Å². The van der Waals surface area contributed by atoms with Gasteiger partial charge in [0.05, 0.1) is 6.42 Å². The standard InChI is InChI=1S/C22H34N4O12S2/c1-40-9-8-13(23-15(27)4-7-18(32)33)21(36)25-11(2-5-16(28)29)19(34)24-12(3-6-17(30)31)20(35)26-14(10-39)22(37)38/h11-14,39H,2-10H2,1H3,(H,23,27)(H,24,34)(H,25,36)(H,26,35)(H,28,29)(H,30,31)(H,32,33)(H,37,38)/t11-,12-,13-,14-/m0/s1. The molecular weight excluding hydrogens is 576 g/mol. The molecule has 4 amide bonds. The summed E-state index contributed by atoms with van der Waals surface area (Å²) in [4.78, 5) is 94.9. The van der Waals surface area contributed by atoms with Crippen LogP contribution in [0.25, 0.3) is 0 Å². The largest absolute Gasteiger partial charge is 0.481 e. The Morgan fingerprint density at radius 2 is 1.00 bits per heavy atom. The van der Waals surface area contributed by atoms with Gasteiger partial charge in [-0.05, 0) is 31.3 Å². The Morgan fingerprint density at radius 1 is 0.600 bits per heavy atom. The van der Waals surface area contributed by atoms with Crippen molar-refractivity contribution in [2.75, 3.05) is 17.8 Å². The van der Waals surface area contributed by atoms with Crippen molar-refractivity contribution in [1.29, 1.82) is 0 Å². The average molecular weight is 611 g/mol. The molecular formula is C22H34N4O12S2. The molecule has 0 spiro atoms. The van der Waals surface area contributed by atoms with Crippen molar-refractivity contribution in [2.24, 2.45) is 0 Å². The number of carboxylic acids is 4. The van der Waals surface area contributed by atoms with Crippen molar-refractivity contribution in [3.63, 3.8) is 0 Å². The number of thioether (sulfide) groups is 1. The monoisotopic (exact) mass is 610 g/mol. The fourth-order valence-electron chi connectivity index (χ4n) is 3.07. The third-order valence-corrected chi connectivity index (χ3v) is 6.19. The lowest BCUT2D eigenvalue weighted by atomic mass is 10.1. The maximum Gasteiger partial charge on any atom is 0.327 e. The molecule has 0 bridgehead atoms. The predicted octanol–water partition coefficient (Wildman–Crippen LogP) is -1.71. The summed E-state index contributed by atoms with van der Waals surface area (Å²) in [5.74, 6) is -8.93. The minimum Gasteiger partial charge on any atom is -0.481 e. The van der Waals surface area contributed by atoms with E-state index in [0.29, 0.717) is 5.75 Å². The Kier molecular flexibility index (Phi) is 17.8. The van der Waals surface area contributed by atoms with Crippen LogP contribution in [0.1, 0.15) is 44.9 Å². The van der Waals surface area contributed by atoms with Gasteiger partial charge >= 0.3 is 23.9 Å². The van der Waals surface area contributed by atoms with Gasteiger partial charge in [-0.15, -0.1) is 0 Å². The molecule has 0 fully saturated rings. The van der Waals surface area contributed by atoms with Crippen molar-refractivity contribution in [3.05, 3.63) is 0 Å². The smallest absolute Gasteiger partial charge is 0.327 e. The van der Waals surface area contributed by atoms with Crippen LogP contribution in [0, 0.1) is 0 Å². The number of aliphatic carboxylic acids is 4. The maximum atomic E-state index is 13.0. The number of amides is 4. The lowest BCUT2D eigenvalue weighted by Gasteiger charge is -2.25. The minimum absolute atomic E-state index is 0.0863. The molecule has 0 aromatic heterocycles. The van der Waals surface area contributed by atoms with Crippen LogP contribution in [0.5, 0.6) is 0 Å². The van der Waals surface area contributed by atoms with Gasteiger partial charge in [0.25, 0.3) is 0 Å². The van der Waals surface area contributed by atoms with E-state index in [1.807, 2.05) is 0 Å². The van der Waals surface area contributed by atoms with E-state index in [2.05, 4.69) is 33.9 Å². The molecule has 16 nitrogen and oxygen atoms in total. The number of rotatable bonds is 21. The van der Waals surface area contributed by atoms with Gasteiger partial charge in [-0.2, -0.15) is 24.4 Å². The van der Waals surface area contributed by atoms with Gasteiger partial charge < -0.3 is 41.7 Å². The Balaban J connectivity index is 5.82. The number of carbonyl (C=O) groups excluding carboxylic acids is 4. The van der Waals surface area contributed by atoms with Crippen LogP contribution in [0.3, 0.4) is 0 Å². The van der Waals surface area contributed by atoms with E-state index in [4.69, 9.17) is 20.4 Å². The van der Waals surface area contributed by atoms with Gasteiger partial charge in [0.1, 0.15) is 24.2 Å². The molecule has 0 heterocycles. The van der Waals surface area contributed by atoms with Crippen LogP contribution in [0.2, 0.25) is 0 Å². The first-order valence-corrected chi connectivity index (χ1v) is 13.9. The van der Waals surface area contributed by atoms with Crippen molar-refractivity contribution in [3.8, 4) is 0 Å². The average Bonchev–Trinajstić information content (AvgIpc) is 2.87. The lowest BCUT2D eigenvalue weighted by molar-refractivity contribution is -0.142. The topological polar surface area (TPSA) is 266 Å². The zero-order valence-electron chi connectivity index (χ0n) is 21.6. The van der Waals surface area contributed by atoms with E-state index >= 15 is 0 Å². The second-order valence-corrected chi connectivity index (χ2v) is 9.72. The highest BCUT2D eigenvalue weighted by Gasteiger charge is 2.31. The first kappa shape index (κ1) is 36.5. The molecule has 4 atom stereocenters. The number of hydrogen-bond donors (Lipinski definition) is 9.